The van der Waals surface area contributed by atoms with E-state index in [-0.39, 0.29) is 29.1 Å². The minimum atomic E-state index is -2.11. The van der Waals surface area contributed by atoms with Crippen LogP contribution in [0, 0.1) is 0 Å². The third kappa shape index (κ3) is 10.6. The Hall–Kier alpha value is -3.30. The molecule has 160 valence electrons. The van der Waals surface area contributed by atoms with Crippen LogP contribution in [0.5, 0.6) is 23.0 Å². The van der Waals surface area contributed by atoms with E-state index >= 15 is 0 Å². The highest BCUT2D eigenvalue weighted by Crippen LogP contribution is 2.26. The first kappa shape index (κ1) is 17.8. The number of Topliss-reactive ketones (excluding diaryl/α,β-unsaturated/α-hetero) is 1. The molecule has 3 atom stereocenters. The van der Waals surface area contributed by atoms with E-state index in [9.17, 15) is 15.0 Å². The molecular weight excluding hydrogens is 380 g/mol. The Balaban J connectivity index is 0.000000575. The number of carbonyl (C=O) groups is 2. The first-order chi connectivity index (χ1) is 15.3. The Morgan fingerprint density at radius 3 is 1.83 bits per heavy atom. The van der Waals surface area contributed by atoms with Crippen molar-refractivity contribution in [1.82, 2.24) is 0 Å². The standard InChI is InChI=1S/C10H13NO3.C9H13NO2.CH2O2/c1-6(12)8(11)4-7-2-3-9(13)10(14)5-7;1-6(10)4-7-2-3-8(11)9(12)5-7;2-1-3/h2-3,5,8,13-14H,4,11H2,1H3;2-3,5-6,11-12H,4,10H2,1H3;1H,(H,2,3)/t8-;6-;/m01./s1/i4D,8D;4D2,6D;/t4-,8+;m;/m11.. The van der Waals surface area contributed by atoms with Gasteiger partial charge in [0.1, 0.15) is 5.78 Å². The van der Waals surface area contributed by atoms with E-state index in [1.54, 1.807) is 0 Å². The predicted octanol–water partition coefficient (Wildman–Crippen LogP) is 1.24. The van der Waals surface area contributed by atoms with Crippen LogP contribution in [0.4, 0.5) is 0 Å². The van der Waals surface area contributed by atoms with Gasteiger partial charge in [-0.05, 0) is 62.0 Å². The molecule has 0 amide bonds. The van der Waals surface area contributed by atoms with Crippen molar-refractivity contribution in [1.29, 1.82) is 0 Å². The van der Waals surface area contributed by atoms with E-state index < -0.39 is 42.1 Å². The fourth-order valence-electron chi connectivity index (χ4n) is 1.74. The van der Waals surface area contributed by atoms with Gasteiger partial charge in [0, 0.05) is 11.5 Å². The van der Waals surface area contributed by atoms with Crippen molar-refractivity contribution in [2.24, 2.45) is 11.5 Å². The van der Waals surface area contributed by atoms with Gasteiger partial charge in [0.15, 0.2) is 23.0 Å². The number of hydrogen-bond donors (Lipinski definition) is 7. The number of hydrogen-bond acceptors (Lipinski definition) is 8. The molecule has 2 rings (SSSR count). The van der Waals surface area contributed by atoms with Crippen molar-refractivity contribution in [3.63, 3.8) is 0 Å². The summed E-state index contributed by atoms with van der Waals surface area (Å²) in [5, 5.41) is 43.5. The minimum Gasteiger partial charge on any atom is -0.504 e. The summed E-state index contributed by atoms with van der Waals surface area (Å²) in [6.45, 7) is 2.12. The normalized spacial score (nSPS) is 18.0. The number of phenolic OH excluding ortho intramolecular Hbond substituents is 4. The molecule has 0 spiro atoms. The number of carbonyl (C=O) groups excluding carboxylic acids is 1. The van der Waals surface area contributed by atoms with E-state index in [1.165, 1.54) is 25.1 Å². The molecule has 2 aromatic rings. The van der Waals surface area contributed by atoms with Crippen LogP contribution in [0.2, 0.25) is 0 Å². The summed E-state index contributed by atoms with van der Waals surface area (Å²) >= 11 is 0. The number of aromatic hydroxyl groups is 4. The number of carboxylic acid groups (broad SMARTS) is 1. The molecule has 0 fully saturated rings. The van der Waals surface area contributed by atoms with Crippen molar-refractivity contribution >= 4 is 12.3 Å². The van der Waals surface area contributed by atoms with Crippen molar-refractivity contribution in [2.75, 3.05) is 0 Å². The summed E-state index contributed by atoms with van der Waals surface area (Å²) in [5.41, 5.74) is 11.0. The Kier molecular flexibility index (Phi) is 7.95. The first-order valence-electron chi connectivity index (χ1n) is 10.6. The molecule has 29 heavy (non-hydrogen) atoms. The average molecular weight is 413 g/mol. The lowest BCUT2D eigenvalue weighted by atomic mass is 10.0. The molecule has 9 heteroatoms. The third-order valence-corrected chi connectivity index (χ3v) is 3.05. The van der Waals surface area contributed by atoms with E-state index in [1.807, 2.05) is 0 Å². The highest BCUT2D eigenvalue weighted by molar-refractivity contribution is 5.81. The molecule has 0 saturated carbocycles. The zero-order valence-electron chi connectivity index (χ0n) is 20.8. The van der Waals surface area contributed by atoms with E-state index in [0.717, 1.165) is 25.1 Å². The fourth-order valence-corrected chi connectivity index (χ4v) is 1.74. The lowest BCUT2D eigenvalue weighted by molar-refractivity contribution is -0.123. The summed E-state index contributed by atoms with van der Waals surface area (Å²) in [5.74, 6) is -2.14. The molecule has 0 saturated heterocycles. The molecule has 0 radical (unpaired) electrons. The second-order valence-corrected chi connectivity index (χ2v) is 5.52. The largest absolute Gasteiger partial charge is 0.504 e. The molecular formula is C20H28N2O7. The van der Waals surface area contributed by atoms with Crippen LogP contribution in [-0.2, 0) is 22.4 Å². The monoisotopic (exact) mass is 413 g/mol. The van der Waals surface area contributed by atoms with Crippen LogP contribution in [0.15, 0.2) is 36.4 Å². The van der Waals surface area contributed by atoms with Crippen LogP contribution in [0.1, 0.15) is 31.8 Å². The first-order valence-corrected chi connectivity index (χ1v) is 7.97. The van der Waals surface area contributed by atoms with E-state index in [0.29, 0.717) is 0 Å². The number of rotatable bonds is 5. The zero-order valence-corrected chi connectivity index (χ0v) is 15.8. The molecule has 0 aliphatic heterocycles. The Labute approximate surface area is 175 Å². The van der Waals surface area contributed by atoms with Gasteiger partial charge in [-0.15, -0.1) is 0 Å². The number of nitrogens with two attached hydrogens (primary N) is 2. The van der Waals surface area contributed by atoms with Crippen molar-refractivity contribution in [3.05, 3.63) is 47.5 Å². The van der Waals surface area contributed by atoms with Crippen LogP contribution in [-0.4, -0.2) is 49.8 Å². The summed E-state index contributed by atoms with van der Waals surface area (Å²) < 4.78 is 38.0. The van der Waals surface area contributed by atoms with E-state index in [2.05, 4.69) is 0 Å². The second kappa shape index (κ2) is 13.0. The SMILES string of the molecule is O=CO.[2H]C([2H])(c1ccc(O)c(O)c1)[C@@]([2H])(C)N.[2H][C@H](c1ccc(O)c(O)c1)[C@]([2H])(N)C(C)=O. The van der Waals surface area contributed by atoms with Gasteiger partial charge >= 0.3 is 0 Å². The molecule has 0 aliphatic carbocycles. The van der Waals surface area contributed by atoms with Crippen LogP contribution < -0.4 is 11.5 Å². The Morgan fingerprint density at radius 2 is 1.45 bits per heavy atom. The van der Waals surface area contributed by atoms with E-state index in [4.69, 9.17) is 38.4 Å². The van der Waals surface area contributed by atoms with Gasteiger partial charge in [-0.2, -0.15) is 0 Å². The second-order valence-electron chi connectivity index (χ2n) is 5.52. The summed E-state index contributed by atoms with van der Waals surface area (Å²) in [4.78, 5) is 19.4. The van der Waals surface area contributed by atoms with Crippen LogP contribution in [0.3, 0.4) is 0 Å². The predicted molar refractivity (Wildman–Crippen MR) is 108 cm³/mol. The van der Waals surface area contributed by atoms with Crippen LogP contribution in [0.25, 0.3) is 0 Å². The Bertz CT molecular complexity index is 998. The lowest BCUT2D eigenvalue weighted by Crippen LogP contribution is -2.30. The van der Waals surface area contributed by atoms with Crippen molar-refractivity contribution in [3.8, 4) is 23.0 Å². The van der Waals surface area contributed by atoms with Gasteiger partial charge in [-0.3, -0.25) is 9.59 Å². The highest BCUT2D eigenvalue weighted by Gasteiger charge is 2.10. The zero-order chi connectivity index (χ0) is 27.1. The van der Waals surface area contributed by atoms with Crippen molar-refractivity contribution < 1.29 is 42.0 Å². The summed E-state index contributed by atoms with van der Waals surface area (Å²) in [6, 6.07) is 3.26. The van der Waals surface area contributed by atoms with Gasteiger partial charge in [-0.1, -0.05) is 12.1 Å². The maximum Gasteiger partial charge on any atom is 0.290 e. The van der Waals surface area contributed by atoms with Gasteiger partial charge in [-0.25, -0.2) is 0 Å². The molecule has 0 bridgehead atoms. The summed E-state index contributed by atoms with van der Waals surface area (Å²) in [7, 11) is 0. The molecule has 2 aromatic carbocycles. The molecule has 9 nitrogen and oxygen atoms in total. The number of ketones is 1. The molecule has 9 N–H and O–H groups in total. The maximum absolute atomic E-state index is 11.1. The molecule has 0 heterocycles. The molecule has 0 aliphatic rings. The van der Waals surface area contributed by atoms with Gasteiger partial charge in [0.25, 0.3) is 6.47 Å². The topological polar surface area (TPSA) is 187 Å². The quantitative estimate of drug-likeness (QED) is 0.279. The van der Waals surface area contributed by atoms with Crippen LogP contribution >= 0.6 is 0 Å². The van der Waals surface area contributed by atoms with Crippen molar-refractivity contribution in [2.45, 2.75) is 38.7 Å². The average Bonchev–Trinajstić information content (AvgIpc) is 2.71. The third-order valence-electron chi connectivity index (χ3n) is 3.05. The smallest absolute Gasteiger partial charge is 0.290 e. The minimum absolute atomic E-state index is 0.0535. The lowest BCUT2D eigenvalue weighted by Gasteiger charge is -2.08. The highest BCUT2D eigenvalue weighted by atomic mass is 16.3. The molecule has 0 unspecified atom stereocenters. The van der Waals surface area contributed by atoms with Gasteiger partial charge in [0.2, 0.25) is 0 Å². The van der Waals surface area contributed by atoms with Gasteiger partial charge in [0.05, 0.1) is 7.39 Å². The number of benzene rings is 2. The maximum atomic E-state index is 11.1. The fraction of sp³-hybridized carbons (Fsp3) is 0.300. The summed E-state index contributed by atoms with van der Waals surface area (Å²) in [6.07, 6.45) is -3.44. The number of phenols is 4. The van der Waals surface area contributed by atoms with Gasteiger partial charge < -0.3 is 37.0 Å². The Morgan fingerprint density at radius 1 is 1.03 bits per heavy atom. The molecule has 0 aromatic heterocycles.